The van der Waals surface area contributed by atoms with Crippen LogP contribution in [-0.4, -0.2) is 30.2 Å². The molecule has 1 heterocycles. The molecule has 0 aromatic rings. The zero-order chi connectivity index (χ0) is 8.55. The van der Waals surface area contributed by atoms with Crippen molar-refractivity contribution in [3.63, 3.8) is 0 Å². The van der Waals surface area contributed by atoms with Crippen molar-refractivity contribution < 1.29 is 4.39 Å². The molecule has 0 radical (unpaired) electrons. The highest BCUT2D eigenvalue weighted by atomic mass is 19.1. The van der Waals surface area contributed by atoms with Crippen LogP contribution in [0.1, 0.15) is 32.6 Å². The quantitative estimate of drug-likeness (QED) is 0.584. The van der Waals surface area contributed by atoms with Crippen molar-refractivity contribution in [3.05, 3.63) is 0 Å². The SMILES string of the molecule is CC1CC[C@@H](N2CCC2)CC1F. The smallest absolute Gasteiger partial charge is 0.104 e. The lowest BCUT2D eigenvalue weighted by atomic mass is 9.84. The maximum Gasteiger partial charge on any atom is 0.104 e. The van der Waals surface area contributed by atoms with Crippen LogP contribution in [0.4, 0.5) is 4.39 Å². The lowest BCUT2D eigenvalue weighted by molar-refractivity contribution is 0.0429. The van der Waals surface area contributed by atoms with E-state index in [2.05, 4.69) is 4.90 Å². The number of likely N-dealkylation sites (tertiary alicyclic amines) is 1. The number of alkyl halides is 1. The molecule has 0 aromatic carbocycles. The Bertz CT molecular complexity index is 156. The fourth-order valence-electron chi connectivity index (χ4n) is 2.28. The summed E-state index contributed by atoms with van der Waals surface area (Å²) in [5.41, 5.74) is 0. The second-order valence-electron chi connectivity index (χ2n) is 4.35. The van der Waals surface area contributed by atoms with Gasteiger partial charge >= 0.3 is 0 Å². The Hall–Kier alpha value is -0.110. The average molecular weight is 171 g/mol. The third-order valence-corrected chi connectivity index (χ3v) is 3.48. The second kappa shape index (κ2) is 3.33. The molecule has 0 spiro atoms. The molecule has 0 N–H and O–H groups in total. The molecule has 70 valence electrons. The minimum Gasteiger partial charge on any atom is -0.300 e. The Morgan fingerprint density at radius 1 is 1.25 bits per heavy atom. The third kappa shape index (κ3) is 1.49. The maximum atomic E-state index is 13.3. The summed E-state index contributed by atoms with van der Waals surface area (Å²) in [6.07, 6.45) is 3.89. The van der Waals surface area contributed by atoms with E-state index in [9.17, 15) is 4.39 Å². The van der Waals surface area contributed by atoms with Crippen LogP contribution in [0.25, 0.3) is 0 Å². The van der Waals surface area contributed by atoms with Gasteiger partial charge in [-0.1, -0.05) is 6.92 Å². The van der Waals surface area contributed by atoms with Gasteiger partial charge in [0.25, 0.3) is 0 Å². The highest BCUT2D eigenvalue weighted by Crippen LogP contribution is 2.31. The summed E-state index contributed by atoms with van der Waals surface area (Å²) in [6, 6.07) is 0.574. The zero-order valence-electron chi connectivity index (χ0n) is 7.80. The van der Waals surface area contributed by atoms with Gasteiger partial charge in [0.2, 0.25) is 0 Å². The first-order chi connectivity index (χ1) is 5.77. The lowest BCUT2D eigenvalue weighted by Gasteiger charge is -2.42. The van der Waals surface area contributed by atoms with Crippen molar-refractivity contribution in [3.8, 4) is 0 Å². The van der Waals surface area contributed by atoms with Crippen molar-refractivity contribution in [2.24, 2.45) is 5.92 Å². The molecule has 12 heavy (non-hydrogen) atoms. The summed E-state index contributed by atoms with van der Waals surface area (Å²) in [7, 11) is 0. The predicted molar refractivity (Wildman–Crippen MR) is 47.9 cm³/mol. The van der Waals surface area contributed by atoms with Gasteiger partial charge in [-0.05, 0) is 44.7 Å². The largest absolute Gasteiger partial charge is 0.300 e. The molecule has 1 saturated heterocycles. The molecular weight excluding hydrogens is 153 g/mol. The fraction of sp³-hybridized carbons (Fsp3) is 1.00. The first-order valence-electron chi connectivity index (χ1n) is 5.15. The van der Waals surface area contributed by atoms with Crippen molar-refractivity contribution in [1.29, 1.82) is 0 Å². The van der Waals surface area contributed by atoms with E-state index < -0.39 is 6.17 Å². The molecule has 1 nitrogen and oxygen atoms in total. The molecule has 3 atom stereocenters. The highest BCUT2D eigenvalue weighted by molar-refractivity contribution is 4.86. The molecule has 1 saturated carbocycles. The Labute approximate surface area is 73.9 Å². The van der Waals surface area contributed by atoms with Crippen LogP contribution < -0.4 is 0 Å². The molecule has 0 bridgehead atoms. The van der Waals surface area contributed by atoms with Crippen molar-refractivity contribution >= 4 is 0 Å². The summed E-state index contributed by atoms with van der Waals surface area (Å²) in [5.74, 6) is 0.308. The van der Waals surface area contributed by atoms with Gasteiger partial charge in [0.15, 0.2) is 0 Å². The number of rotatable bonds is 1. The summed E-state index contributed by atoms with van der Waals surface area (Å²) in [5, 5.41) is 0. The monoisotopic (exact) mass is 171 g/mol. The summed E-state index contributed by atoms with van der Waals surface area (Å²) >= 11 is 0. The summed E-state index contributed by atoms with van der Waals surface area (Å²) in [4.78, 5) is 2.44. The van der Waals surface area contributed by atoms with E-state index >= 15 is 0 Å². The van der Waals surface area contributed by atoms with E-state index in [1.165, 1.54) is 25.9 Å². The summed E-state index contributed by atoms with van der Waals surface area (Å²) in [6.45, 7) is 4.47. The molecule has 2 fully saturated rings. The molecular formula is C10H18FN. The van der Waals surface area contributed by atoms with E-state index in [1.54, 1.807) is 0 Å². The van der Waals surface area contributed by atoms with Crippen LogP contribution >= 0.6 is 0 Å². The number of halogens is 1. The van der Waals surface area contributed by atoms with Crippen LogP contribution in [0, 0.1) is 5.92 Å². The summed E-state index contributed by atoms with van der Waals surface area (Å²) < 4.78 is 13.3. The Morgan fingerprint density at radius 2 is 2.00 bits per heavy atom. The number of hydrogen-bond acceptors (Lipinski definition) is 1. The van der Waals surface area contributed by atoms with Crippen LogP contribution in [0.5, 0.6) is 0 Å². The minimum absolute atomic E-state index is 0.308. The van der Waals surface area contributed by atoms with Crippen molar-refractivity contribution in [2.45, 2.75) is 44.8 Å². The maximum absolute atomic E-state index is 13.3. The Kier molecular flexibility index (Phi) is 2.35. The minimum atomic E-state index is -0.538. The number of hydrogen-bond donors (Lipinski definition) is 0. The van der Waals surface area contributed by atoms with E-state index in [0.717, 1.165) is 12.8 Å². The highest BCUT2D eigenvalue weighted by Gasteiger charge is 2.32. The zero-order valence-corrected chi connectivity index (χ0v) is 7.80. The Balaban J connectivity index is 1.84. The van der Waals surface area contributed by atoms with Crippen LogP contribution in [0.3, 0.4) is 0 Å². The van der Waals surface area contributed by atoms with Crippen molar-refractivity contribution in [1.82, 2.24) is 4.90 Å². The standard InChI is InChI=1S/C10H18FN/c1-8-3-4-9(7-10(8)11)12-5-2-6-12/h8-10H,2-7H2,1H3/t8?,9-,10?/m1/s1. The van der Waals surface area contributed by atoms with E-state index in [4.69, 9.17) is 0 Å². The first kappa shape index (κ1) is 8.49. The van der Waals surface area contributed by atoms with Gasteiger partial charge in [-0.15, -0.1) is 0 Å². The van der Waals surface area contributed by atoms with Crippen LogP contribution in [-0.2, 0) is 0 Å². The van der Waals surface area contributed by atoms with Crippen LogP contribution in [0.2, 0.25) is 0 Å². The first-order valence-corrected chi connectivity index (χ1v) is 5.15. The number of nitrogens with zero attached hydrogens (tertiary/aromatic N) is 1. The second-order valence-corrected chi connectivity index (χ2v) is 4.35. The van der Waals surface area contributed by atoms with Crippen LogP contribution in [0.15, 0.2) is 0 Å². The normalized spacial score (nSPS) is 44.0. The Morgan fingerprint density at radius 3 is 2.50 bits per heavy atom. The molecule has 1 aliphatic carbocycles. The third-order valence-electron chi connectivity index (χ3n) is 3.48. The van der Waals surface area contributed by atoms with Gasteiger partial charge in [-0.2, -0.15) is 0 Å². The molecule has 0 aromatic heterocycles. The van der Waals surface area contributed by atoms with Gasteiger partial charge < -0.3 is 4.90 Å². The van der Waals surface area contributed by atoms with Gasteiger partial charge in [0.05, 0.1) is 0 Å². The fourth-order valence-corrected chi connectivity index (χ4v) is 2.28. The molecule has 2 heteroatoms. The molecule has 2 unspecified atom stereocenters. The van der Waals surface area contributed by atoms with Gasteiger partial charge in [0, 0.05) is 6.04 Å². The average Bonchev–Trinajstić information content (AvgIpc) is 1.93. The van der Waals surface area contributed by atoms with E-state index in [-0.39, 0.29) is 0 Å². The molecule has 1 aliphatic heterocycles. The predicted octanol–water partition coefficient (Wildman–Crippen LogP) is 2.22. The van der Waals surface area contributed by atoms with Gasteiger partial charge in [-0.3, -0.25) is 0 Å². The van der Waals surface area contributed by atoms with Gasteiger partial charge in [-0.25, -0.2) is 4.39 Å². The topological polar surface area (TPSA) is 3.24 Å². The van der Waals surface area contributed by atoms with E-state index in [0.29, 0.717) is 12.0 Å². The van der Waals surface area contributed by atoms with E-state index in [1.807, 2.05) is 6.92 Å². The van der Waals surface area contributed by atoms with Crippen molar-refractivity contribution in [2.75, 3.05) is 13.1 Å². The molecule has 2 rings (SSSR count). The lowest BCUT2D eigenvalue weighted by Crippen LogP contribution is -2.48. The molecule has 2 aliphatic rings. The molecule has 0 amide bonds. The van der Waals surface area contributed by atoms with Gasteiger partial charge in [0.1, 0.15) is 6.17 Å².